The Morgan fingerprint density at radius 3 is 2.37 bits per heavy atom. The quantitative estimate of drug-likeness (QED) is 0.834. The van der Waals surface area contributed by atoms with Gasteiger partial charge in [0.25, 0.3) is 0 Å². The van der Waals surface area contributed by atoms with Crippen LogP contribution in [0.2, 0.25) is 0 Å². The zero-order valence-electron chi connectivity index (χ0n) is 11.5. The summed E-state index contributed by atoms with van der Waals surface area (Å²) < 4.78 is 1.68. The maximum Gasteiger partial charge on any atom is 0.142 e. The van der Waals surface area contributed by atoms with E-state index in [1.165, 1.54) is 32.1 Å². The molecule has 0 spiro atoms. The molecule has 0 saturated heterocycles. The third kappa shape index (κ3) is 1.92. The molecule has 4 saturated carbocycles. The number of Topliss-reactive ketones (excluding diaryl/α,β-unsaturated/α-hetero) is 1. The van der Waals surface area contributed by atoms with E-state index in [2.05, 4.69) is 10.3 Å². The first kappa shape index (κ1) is 11.6. The summed E-state index contributed by atoms with van der Waals surface area (Å²) in [7, 11) is 1.85. The third-order valence-corrected chi connectivity index (χ3v) is 5.60. The number of carbonyl (C=O) groups excluding carboxylic acids is 1. The van der Waals surface area contributed by atoms with Gasteiger partial charge in [0.05, 0.1) is 12.1 Å². The summed E-state index contributed by atoms with van der Waals surface area (Å²) >= 11 is 0. The van der Waals surface area contributed by atoms with E-state index in [4.69, 9.17) is 0 Å². The molecule has 0 unspecified atom stereocenters. The molecule has 4 heteroatoms. The van der Waals surface area contributed by atoms with Gasteiger partial charge in [-0.05, 0) is 55.8 Å². The molecule has 4 nitrogen and oxygen atoms in total. The molecule has 4 aliphatic carbocycles. The molecule has 0 aromatic carbocycles. The second-order valence-electron chi connectivity index (χ2n) is 6.98. The molecule has 1 heterocycles. The lowest BCUT2D eigenvalue weighted by molar-refractivity contribution is -0.135. The molecule has 1 aromatic rings. The highest BCUT2D eigenvalue weighted by molar-refractivity contribution is 5.83. The molecular weight excluding hydrogens is 238 g/mol. The Kier molecular flexibility index (Phi) is 2.54. The van der Waals surface area contributed by atoms with Gasteiger partial charge in [-0.1, -0.05) is 5.21 Å². The van der Waals surface area contributed by atoms with Crippen molar-refractivity contribution in [3.05, 3.63) is 11.9 Å². The largest absolute Gasteiger partial charge is 0.299 e. The van der Waals surface area contributed by atoms with Gasteiger partial charge >= 0.3 is 0 Å². The van der Waals surface area contributed by atoms with Crippen LogP contribution in [0.1, 0.15) is 37.8 Å². The fourth-order valence-electron chi connectivity index (χ4n) is 5.22. The van der Waals surface area contributed by atoms with Crippen LogP contribution in [-0.4, -0.2) is 20.8 Å². The molecule has 0 radical (unpaired) electrons. The van der Waals surface area contributed by atoms with E-state index in [1.54, 1.807) is 4.68 Å². The highest BCUT2D eigenvalue weighted by Crippen LogP contribution is 2.56. The van der Waals surface area contributed by atoms with E-state index in [0.29, 0.717) is 30.0 Å². The van der Waals surface area contributed by atoms with Crippen LogP contribution in [0.3, 0.4) is 0 Å². The van der Waals surface area contributed by atoms with Crippen LogP contribution in [0.15, 0.2) is 6.20 Å². The first-order chi connectivity index (χ1) is 9.19. The summed E-state index contributed by atoms with van der Waals surface area (Å²) in [5, 5.41) is 7.98. The molecule has 0 N–H and O–H groups in total. The summed E-state index contributed by atoms with van der Waals surface area (Å²) in [6.45, 7) is 0. The van der Waals surface area contributed by atoms with Crippen molar-refractivity contribution >= 4 is 5.78 Å². The molecule has 19 heavy (non-hydrogen) atoms. The van der Waals surface area contributed by atoms with E-state index in [1.807, 2.05) is 13.2 Å². The SMILES string of the molecule is Cn1cc(CC(=O)C2C3CC4CC(C3)CC2C4)nn1. The van der Waals surface area contributed by atoms with Gasteiger partial charge in [-0.15, -0.1) is 5.10 Å². The van der Waals surface area contributed by atoms with Crippen LogP contribution in [0, 0.1) is 29.6 Å². The zero-order chi connectivity index (χ0) is 13.0. The maximum absolute atomic E-state index is 12.6. The predicted octanol–water partition coefficient (Wildman–Crippen LogP) is 2.00. The van der Waals surface area contributed by atoms with Crippen molar-refractivity contribution < 1.29 is 4.79 Å². The second-order valence-corrected chi connectivity index (χ2v) is 6.98. The lowest BCUT2D eigenvalue weighted by Crippen LogP contribution is -2.48. The van der Waals surface area contributed by atoms with Crippen molar-refractivity contribution in [1.29, 1.82) is 0 Å². The minimum absolute atomic E-state index is 0.329. The molecule has 0 amide bonds. The van der Waals surface area contributed by atoms with Gasteiger partial charge in [0.1, 0.15) is 5.78 Å². The average Bonchev–Trinajstić information content (AvgIpc) is 2.73. The minimum Gasteiger partial charge on any atom is -0.299 e. The van der Waals surface area contributed by atoms with Crippen LogP contribution in [0.4, 0.5) is 0 Å². The van der Waals surface area contributed by atoms with E-state index in [0.717, 1.165) is 17.5 Å². The Morgan fingerprint density at radius 1 is 1.21 bits per heavy atom. The molecule has 0 aliphatic heterocycles. The molecule has 5 rings (SSSR count). The first-order valence-electron chi connectivity index (χ1n) is 7.57. The zero-order valence-corrected chi connectivity index (χ0v) is 11.5. The van der Waals surface area contributed by atoms with Crippen molar-refractivity contribution in [3.63, 3.8) is 0 Å². The van der Waals surface area contributed by atoms with Gasteiger partial charge in [0.2, 0.25) is 0 Å². The van der Waals surface area contributed by atoms with E-state index in [-0.39, 0.29) is 0 Å². The molecular formula is C15H21N3O. The van der Waals surface area contributed by atoms with Crippen LogP contribution < -0.4 is 0 Å². The lowest BCUT2D eigenvalue weighted by Gasteiger charge is -2.53. The number of rotatable bonds is 3. The summed E-state index contributed by atoms with van der Waals surface area (Å²) in [6, 6.07) is 0. The Bertz CT molecular complexity index is 479. The maximum atomic E-state index is 12.6. The van der Waals surface area contributed by atoms with Gasteiger partial charge in [-0.25, -0.2) is 0 Å². The standard InChI is InChI=1S/C15H21N3O/c1-18-8-13(16-17-18)7-14(19)15-11-3-9-2-10(5-11)6-12(15)4-9/h8-12,15H,2-7H2,1H3. The topological polar surface area (TPSA) is 47.8 Å². The first-order valence-corrected chi connectivity index (χ1v) is 7.57. The molecule has 4 aliphatic rings. The van der Waals surface area contributed by atoms with Crippen LogP contribution in [-0.2, 0) is 18.3 Å². The van der Waals surface area contributed by atoms with Crippen molar-refractivity contribution in [2.75, 3.05) is 0 Å². The summed E-state index contributed by atoms with van der Waals surface area (Å²) in [5.41, 5.74) is 0.835. The molecule has 1 aromatic heterocycles. The van der Waals surface area contributed by atoms with Gasteiger partial charge < -0.3 is 0 Å². The van der Waals surface area contributed by atoms with E-state index >= 15 is 0 Å². The number of ketones is 1. The average molecular weight is 259 g/mol. The van der Waals surface area contributed by atoms with Gasteiger partial charge in [0, 0.05) is 19.2 Å². The van der Waals surface area contributed by atoms with Crippen molar-refractivity contribution in [2.24, 2.45) is 36.6 Å². The number of hydrogen-bond acceptors (Lipinski definition) is 3. The monoisotopic (exact) mass is 259 g/mol. The Balaban J connectivity index is 1.51. The highest BCUT2D eigenvalue weighted by Gasteiger charge is 2.50. The van der Waals surface area contributed by atoms with Crippen LogP contribution in [0.5, 0.6) is 0 Å². The molecule has 4 bridgehead atoms. The number of nitrogens with zero attached hydrogens (tertiary/aromatic N) is 3. The van der Waals surface area contributed by atoms with Crippen LogP contribution >= 0.6 is 0 Å². The van der Waals surface area contributed by atoms with Crippen molar-refractivity contribution in [2.45, 2.75) is 38.5 Å². The van der Waals surface area contributed by atoms with E-state index in [9.17, 15) is 4.79 Å². The van der Waals surface area contributed by atoms with Crippen LogP contribution in [0.25, 0.3) is 0 Å². The third-order valence-electron chi connectivity index (χ3n) is 5.60. The van der Waals surface area contributed by atoms with Gasteiger partial charge in [-0.3, -0.25) is 9.48 Å². The lowest BCUT2D eigenvalue weighted by atomic mass is 9.51. The Hall–Kier alpha value is -1.19. The minimum atomic E-state index is 0.329. The summed E-state index contributed by atoms with van der Waals surface area (Å²) in [4.78, 5) is 12.6. The number of hydrogen-bond donors (Lipinski definition) is 0. The molecule has 4 fully saturated rings. The second kappa shape index (κ2) is 4.15. The fraction of sp³-hybridized carbons (Fsp3) is 0.800. The number of aromatic nitrogens is 3. The number of carbonyl (C=O) groups is 1. The van der Waals surface area contributed by atoms with E-state index < -0.39 is 0 Å². The number of aryl methyl sites for hydroxylation is 1. The normalized spacial score (nSPS) is 39.7. The fourth-order valence-corrected chi connectivity index (χ4v) is 5.22. The van der Waals surface area contributed by atoms with Gasteiger partial charge in [0.15, 0.2) is 0 Å². The van der Waals surface area contributed by atoms with Crippen molar-refractivity contribution in [3.8, 4) is 0 Å². The molecule has 0 atom stereocenters. The smallest absolute Gasteiger partial charge is 0.142 e. The highest BCUT2D eigenvalue weighted by atomic mass is 16.1. The Labute approximate surface area is 113 Å². The molecule has 102 valence electrons. The van der Waals surface area contributed by atoms with Crippen molar-refractivity contribution in [1.82, 2.24) is 15.0 Å². The summed E-state index contributed by atoms with van der Waals surface area (Å²) in [6.07, 6.45) is 9.04. The predicted molar refractivity (Wildman–Crippen MR) is 70.2 cm³/mol. The Morgan fingerprint density at radius 2 is 1.84 bits per heavy atom. The summed E-state index contributed by atoms with van der Waals surface area (Å²) in [5.74, 6) is 3.98. The van der Waals surface area contributed by atoms with Gasteiger partial charge in [-0.2, -0.15) is 0 Å².